The van der Waals surface area contributed by atoms with Gasteiger partial charge in [-0.3, -0.25) is 0 Å². The topological polar surface area (TPSA) is 96.8 Å². The van der Waals surface area contributed by atoms with E-state index in [1.54, 1.807) is 0 Å². The Morgan fingerprint density at radius 3 is 2.62 bits per heavy atom. The number of alkyl halides is 3. The van der Waals surface area contributed by atoms with Gasteiger partial charge in [0.05, 0.1) is 5.69 Å². The van der Waals surface area contributed by atoms with Crippen LogP contribution in [0.15, 0.2) is 30.6 Å². The predicted octanol–water partition coefficient (Wildman–Crippen LogP) is 4.29. The number of piperidine rings is 1. The lowest BCUT2D eigenvalue weighted by Crippen LogP contribution is -2.41. The van der Waals surface area contributed by atoms with Crippen LogP contribution >= 0.6 is 11.6 Å². The molecule has 1 fully saturated rings. The van der Waals surface area contributed by atoms with Gasteiger partial charge in [0.15, 0.2) is 5.75 Å². The van der Waals surface area contributed by atoms with Gasteiger partial charge in [0.25, 0.3) is 0 Å². The minimum Gasteiger partial charge on any atom is -0.474 e. The van der Waals surface area contributed by atoms with Crippen LogP contribution in [0.5, 0.6) is 11.6 Å². The molecule has 1 aromatic heterocycles. The number of ether oxygens (including phenoxy) is 2. The van der Waals surface area contributed by atoms with Crippen LogP contribution in [0.25, 0.3) is 0 Å². The Morgan fingerprint density at radius 1 is 1.24 bits per heavy atom. The van der Waals surface area contributed by atoms with Gasteiger partial charge in [0, 0.05) is 43.1 Å². The third-order valence-electron chi connectivity index (χ3n) is 4.07. The third kappa shape index (κ3) is 6.01. The zero-order chi connectivity index (χ0) is 21.0. The van der Waals surface area contributed by atoms with E-state index in [2.05, 4.69) is 20.0 Å². The fraction of sp³-hybridized carbons (Fsp3) is 0.353. The van der Waals surface area contributed by atoms with Gasteiger partial charge in [0.1, 0.15) is 18.2 Å². The first-order chi connectivity index (χ1) is 13.7. The van der Waals surface area contributed by atoms with E-state index in [1.165, 1.54) is 29.4 Å². The Labute approximate surface area is 168 Å². The number of benzene rings is 1. The van der Waals surface area contributed by atoms with Crippen LogP contribution in [-0.4, -0.2) is 51.6 Å². The summed E-state index contributed by atoms with van der Waals surface area (Å²) < 4.78 is 47.6. The molecule has 0 radical (unpaired) electrons. The largest absolute Gasteiger partial charge is 0.573 e. The van der Waals surface area contributed by atoms with E-state index in [1.807, 2.05) is 0 Å². The number of nitrogens with one attached hydrogen (secondary N) is 1. The summed E-state index contributed by atoms with van der Waals surface area (Å²) in [5, 5.41) is 11.8. The minimum atomic E-state index is -4.88. The standard InChI is InChI=1S/C17H16ClF3N4O4/c18-10-1-2-12(13(7-10)29-17(19,20)21)24-14-8-15(23-9-22-14)28-11-3-5-25(6-4-11)16(26)27/h1-2,7-9,11H,3-6H2,(H,26,27)(H,22,23,24). The Bertz CT molecular complexity index is 876. The number of rotatable bonds is 5. The molecule has 29 heavy (non-hydrogen) atoms. The minimum absolute atomic E-state index is 0.00569. The molecule has 12 heteroatoms. The lowest BCUT2D eigenvalue weighted by molar-refractivity contribution is -0.274. The maximum absolute atomic E-state index is 12.6. The highest BCUT2D eigenvalue weighted by Crippen LogP contribution is 2.34. The van der Waals surface area contributed by atoms with Crippen LogP contribution < -0.4 is 14.8 Å². The van der Waals surface area contributed by atoms with E-state index < -0.39 is 18.2 Å². The van der Waals surface area contributed by atoms with E-state index in [0.717, 1.165) is 6.07 Å². The fourth-order valence-electron chi connectivity index (χ4n) is 2.75. The molecule has 8 nitrogen and oxygen atoms in total. The maximum atomic E-state index is 12.6. The number of anilines is 2. The van der Waals surface area contributed by atoms with E-state index in [9.17, 15) is 18.0 Å². The molecule has 0 spiro atoms. The normalized spacial score (nSPS) is 15.1. The van der Waals surface area contributed by atoms with Crippen LogP contribution in [-0.2, 0) is 0 Å². The van der Waals surface area contributed by atoms with Crippen molar-refractivity contribution in [3.8, 4) is 11.6 Å². The Balaban J connectivity index is 1.69. The lowest BCUT2D eigenvalue weighted by atomic mass is 10.1. The SMILES string of the molecule is O=C(O)N1CCC(Oc2cc(Nc3ccc(Cl)cc3OC(F)(F)F)ncn2)CC1. The molecule has 2 heterocycles. The maximum Gasteiger partial charge on any atom is 0.573 e. The van der Waals surface area contributed by atoms with Crippen molar-refractivity contribution in [3.05, 3.63) is 35.6 Å². The molecule has 1 amide bonds. The molecule has 1 aromatic carbocycles. The summed E-state index contributed by atoms with van der Waals surface area (Å²) in [5.74, 6) is -0.108. The van der Waals surface area contributed by atoms with E-state index in [-0.39, 0.29) is 28.5 Å². The van der Waals surface area contributed by atoms with E-state index >= 15 is 0 Å². The first kappa shape index (κ1) is 20.8. The third-order valence-corrected chi connectivity index (χ3v) is 4.31. The Hall–Kier alpha value is -2.95. The van der Waals surface area contributed by atoms with Crippen molar-refractivity contribution in [1.29, 1.82) is 0 Å². The van der Waals surface area contributed by atoms with Crippen LogP contribution in [0, 0.1) is 0 Å². The molecular formula is C17H16ClF3N4O4. The molecule has 156 valence electrons. The summed E-state index contributed by atoms with van der Waals surface area (Å²) in [4.78, 5) is 20.2. The molecule has 3 rings (SSSR count). The number of hydrogen-bond acceptors (Lipinski definition) is 6. The van der Waals surface area contributed by atoms with Crippen molar-refractivity contribution in [2.45, 2.75) is 25.3 Å². The number of aromatic nitrogens is 2. The number of carboxylic acid groups (broad SMARTS) is 1. The summed E-state index contributed by atoms with van der Waals surface area (Å²) in [5.41, 5.74) is 0.00569. The monoisotopic (exact) mass is 432 g/mol. The fourth-order valence-corrected chi connectivity index (χ4v) is 2.92. The number of likely N-dealkylation sites (tertiary alicyclic amines) is 1. The van der Waals surface area contributed by atoms with Crippen LogP contribution in [0.2, 0.25) is 5.02 Å². The number of amides is 1. The second-order valence-corrected chi connectivity index (χ2v) is 6.58. The smallest absolute Gasteiger partial charge is 0.474 e. The first-order valence-electron chi connectivity index (χ1n) is 8.48. The number of halogens is 4. The van der Waals surface area contributed by atoms with Crippen molar-refractivity contribution in [1.82, 2.24) is 14.9 Å². The van der Waals surface area contributed by atoms with E-state index in [0.29, 0.717) is 25.9 Å². The molecule has 0 aliphatic carbocycles. The quantitative estimate of drug-likeness (QED) is 0.727. The van der Waals surface area contributed by atoms with Crippen molar-refractivity contribution in [2.75, 3.05) is 18.4 Å². The van der Waals surface area contributed by atoms with Crippen molar-refractivity contribution in [2.24, 2.45) is 0 Å². The van der Waals surface area contributed by atoms with Crippen LogP contribution in [0.1, 0.15) is 12.8 Å². The Morgan fingerprint density at radius 2 is 1.97 bits per heavy atom. The van der Waals surface area contributed by atoms with Gasteiger partial charge in [-0.15, -0.1) is 13.2 Å². The molecule has 1 aliphatic heterocycles. The molecule has 0 bridgehead atoms. The Kier molecular flexibility index (Phi) is 6.16. The second kappa shape index (κ2) is 8.60. The van der Waals surface area contributed by atoms with Gasteiger partial charge >= 0.3 is 12.5 Å². The summed E-state index contributed by atoms with van der Waals surface area (Å²) >= 11 is 5.75. The summed E-state index contributed by atoms with van der Waals surface area (Å²) in [6.45, 7) is 0.693. The van der Waals surface area contributed by atoms with Crippen molar-refractivity contribution < 1.29 is 32.5 Å². The van der Waals surface area contributed by atoms with Crippen LogP contribution in [0.3, 0.4) is 0 Å². The highest BCUT2D eigenvalue weighted by atomic mass is 35.5. The summed E-state index contributed by atoms with van der Waals surface area (Å²) in [6, 6.07) is 5.19. The van der Waals surface area contributed by atoms with Crippen molar-refractivity contribution in [3.63, 3.8) is 0 Å². The summed E-state index contributed by atoms with van der Waals surface area (Å²) in [6.07, 6.45) is -3.89. The zero-order valence-corrected chi connectivity index (χ0v) is 15.6. The first-order valence-corrected chi connectivity index (χ1v) is 8.86. The van der Waals surface area contributed by atoms with Gasteiger partial charge in [-0.05, 0) is 12.1 Å². The average Bonchev–Trinajstić information content (AvgIpc) is 2.63. The number of hydrogen-bond donors (Lipinski definition) is 2. The predicted molar refractivity (Wildman–Crippen MR) is 96.7 cm³/mol. The molecule has 2 N–H and O–H groups in total. The van der Waals surface area contributed by atoms with Gasteiger partial charge < -0.3 is 24.8 Å². The lowest BCUT2D eigenvalue weighted by Gasteiger charge is -2.29. The van der Waals surface area contributed by atoms with Gasteiger partial charge in [0.2, 0.25) is 5.88 Å². The van der Waals surface area contributed by atoms with Crippen molar-refractivity contribution >= 4 is 29.2 Å². The average molecular weight is 433 g/mol. The molecule has 1 aliphatic rings. The second-order valence-electron chi connectivity index (χ2n) is 6.14. The van der Waals surface area contributed by atoms with Gasteiger partial charge in [-0.25, -0.2) is 14.8 Å². The molecule has 0 saturated carbocycles. The summed E-state index contributed by atoms with van der Waals surface area (Å²) in [7, 11) is 0. The molecular weight excluding hydrogens is 417 g/mol. The molecule has 2 aromatic rings. The number of carbonyl (C=O) groups is 1. The zero-order valence-electron chi connectivity index (χ0n) is 14.8. The van der Waals surface area contributed by atoms with Crippen LogP contribution in [0.4, 0.5) is 29.5 Å². The highest BCUT2D eigenvalue weighted by Gasteiger charge is 2.32. The number of nitrogens with zero attached hydrogens (tertiary/aromatic N) is 3. The molecule has 0 atom stereocenters. The van der Waals surface area contributed by atoms with Gasteiger partial charge in [-0.1, -0.05) is 11.6 Å². The highest BCUT2D eigenvalue weighted by molar-refractivity contribution is 6.30. The molecule has 0 unspecified atom stereocenters. The van der Waals surface area contributed by atoms with Gasteiger partial charge in [-0.2, -0.15) is 0 Å². The van der Waals surface area contributed by atoms with E-state index in [4.69, 9.17) is 21.4 Å². The molecule has 1 saturated heterocycles.